The second-order valence-corrected chi connectivity index (χ2v) is 10.7. The minimum Gasteiger partial charge on any atom is -0.491 e. The van der Waals surface area contributed by atoms with Crippen molar-refractivity contribution in [2.75, 3.05) is 39.3 Å². The van der Waals surface area contributed by atoms with Gasteiger partial charge in [0.1, 0.15) is 5.75 Å². The molecule has 0 aliphatic carbocycles. The molecule has 1 aromatic rings. The second kappa shape index (κ2) is 12.8. The number of benzene rings is 1. The van der Waals surface area contributed by atoms with Gasteiger partial charge < -0.3 is 19.9 Å². The van der Waals surface area contributed by atoms with Crippen LogP contribution >= 0.6 is 15.9 Å². The molecule has 2 aliphatic rings. The Balaban J connectivity index is 1.32. The summed E-state index contributed by atoms with van der Waals surface area (Å²) < 4.78 is 7.09. The van der Waals surface area contributed by atoms with Crippen LogP contribution < -0.4 is 10.1 Å². The third-order valence-corrected chi connectivity index (χ3v) is 7.69. The molecule has 5 nitrogen and oxygen atoms in total. The largest absolute Gasteiger partial charge is 0.491 e. The normalized spacial score (nSPS) is 18.8. The first-order valence-electron chi connectivity index (χ1n) is 12.6. The average Bonchev–Trinajstić information content (AvgIpc) is 2.77. The van der Waals surface area contributed by atoms with Crippen LogP contribution in [0, 0.1) is 11.8 Å². The predicted octanol–water partition coefficient (Wildman–Crippen LogP) is 5.71. The summed E-state index contributed by atoms with van der Waals surface area (Å²) in [6.45, 7) is 12.4. The molecule has 32 heavy (non-hydrogen) atoms. The van der Waals surface area contributed by atoms with Crippen LogP contribution in [0.15, 0.2) is 22.7 Å². The molecule has 0 bridgehead atoms. The predicted molar refractivity (Wildman–Crippen MR) is 135 cm³/mol. The van der Waals surface area contributed by atoms with Gasteiger partial charge in [-0.1, -0.05) is 15.9 Å². The summed E-state index contributed by atoms with van der Waals surface area (Å²) in [6.07, 6.45) is 8.82. The van der Waals surface area contributed by atoms with E-state index in [9.17, 15) is 4.79 Å². The summed E-state index contributed by atoms with van der Waals surface area (Å²) in [5.74, 6) is 2.53. The van der Waals surface area contributed by atoms with Crippen LogP contribution in [0.1, 0.15) is 64.9 Å². The van der Waals surface area contributed by atoms with Gasteiger partial charge in [0.2, 0.25) is 0 Å². The average molecular weight is 509 g/mol. The van der Waals surface area contributed by atoms with Crippen molar-refractivity contribution in [1.82, 2.24) is 15.1 Å². The highest BCUT2D eigenvalue weighted by Gasteiger charge is 2.23. The number of nitrogens with zero attached hydrogens (tertiary/aromatic N) is 2. The van der Waals surface area contributed by atoms with E-state index in [1.165, 1.54) is 55.4 Å². The Morgan fingerprint density at radius 3 is 2.47 bits per heavy atom. The van der Waals surface area contributed by atoms with Gasteiger partial charge in [0.25, 0.3) is 0 Å². The highest BCUT2D eigenvalue weighted by Crippen LogP contribution is 2.29. The number of ether oxygens (including phenoxy) is 1. The summed E-state index contributed by atoms with van der Waals surface area (Å²) >= 11 is 3.74. The Labute approximate surface area is 203 Å². The van der Waals surface area contributed by atoms with Crippen LogP contribution in [0.2, 0.25) is 0 Å². The van der Waals surface area contributed by atoms with E-state index in [0.29, 0.717) is 6.54 Å². The molecule has 1 aromatic carbocycles. The van der Waals surface area contributed by atoms with Crippen LogP contribution in [-0.2, 0) is 6.42 Å². The van der Waals surface area contributed by atoms with E-state index >= 15 is 0 Å². The van der Waals surface area contributed by atoms with Gasteiger partial charge in [0.05, 0.1) is 6.10 Å². The Hall–Kier alpha value is -1.27. The first-order valence-corrected chi connectivity index (χ1v) is 13.4. The van der Waals surface area contributed by atoms with Crippen molar-refractivity contribution in [1.29, 1.82) is 0 Å². The lowest BCUT2D eigenvalue weighted by atomic mass is 9.89. The summed E-state index contributed by atoms with van der Waals surface area (Å²) in [5.41, 5.74) is 1.38. The topological polar surface area (TPSA) is 44.8 Å². The molecule has 1 N–H and O–H groups in total. The first-order chi connectivity index (χ1) is 15.4. The number of carbonyl (C=O) groups excluding carboxylic acids is 1. The molecule has 0 aromatic heterocycles. The number of piperidine rings is 2. The van der Waals surface area contributed by atoms with Crippen LogP contribution in [0.5, 0.6) is 5.75 Å². The van der Waals surface area contributed by atoms with Crippen molar-refractivity contribution in [2.45, 2.75) is 71.8 Å². The molecule has 2 fully saturated rings. The molecule has 2 saturated heterocycles. The van der Waals surface area contributed by atoms with Gasteiger partial charge in [0, 0.05) is 24.1 Å². The van der Waals surface area contributed by atoms with Gasteiger partial charge in [-0.05, 0) is 121 Å². The molecular formula is C26H42BrN3O2. The fraction of sp³-hybridized carbons (Fsp3) is 0.731. The molecule has 0 radical (unpaired) electrons. The van der Waals surface area contributed by atoms with Gasteiger partial charge in [0.15, 0.2) is 0 Å². The lowest BCUT2D eigenvalue weighted by Crippen LogP contribution is -2.44. The number of urea groups is 1. The fourth-order valence-electron chi connectivity index (χ4n) is 5.07. The van der Waals surface area contributed by atoms with Gasteiger partial charge in [-0.2, -0.15) is 0 Å². The van der Waals surface area contributed by atoms with Crippen molar-refractivity contribution in [3.05, 3.63) is 28.2 Å². The van der Waals surface area contributed by atoms with Crippen LogP contribution in [0.4, 0.5) is 4.79 Å². The van der Waals surface area contributed by atoms with Gasteiger partial charge in [-0.15, -0.1) is 0 Å². The maximum atomic E-state index is 11.9. The van der Waals surface area contributed by atoms with Gasteiger partial charge in [-0.3, -0.25) is 0 Å². The molecule has 180 valence electrons. The van der Waals surface area contributed by atoms with E-state index in [1.54, 1.807) is 0 Å². The summed E-state index contributed by atoms with van der Waals surface area (Å²) in [6, 6.07) is 6.51. The Morgan fingerprint density at radius 2 is 1.81 bits per heavy atom. The van der Waals surface area contributed by atoms with Crippen LogP contribution in [0.3, 0.4) is 0 Å². The second-order valence-electron chi connectivity index (χ2n) is 9.82. The molecule has 6 heteroatoms. The number of amides is 2. The maximum absolute atomic E-state index is 11.9. The number of carbonyl (C=O) groups is 1. The molecule has 0 saturated carbocycles. The minimum absolute atomic E-state index is 0.111. The highest BCUT2D eigenvalue weighted by atomic mass is 79.9. The van der Waals surface area contributed by atoms with Crippen molar-refractivity contribution >= 4 is 22.0 Å². The standard InChI is InChI=1S/C26H42BrN3O2/c1-4-28-26(31)30-16-11-21(12-17-30)6-5-13-29-14-9-22(10-15-29)18-23-19-24(32-20(2)3)7-8-25(23)27/h7-8,19-22H,4-6,9-18H2,1-3H3,(H,28,31). The van der Waals surface area contributed by atoms with Crippen molar-refractivity contribution in [2.24, 2.45) is 11.8 Å². The zero-order valence-corrected chi connectivity index (χ0v) is 21.8. The van der Waals surface area contributed by atoms with Gasteiger partial charge >= 0.3 is 6.03 Å². The Kier molecular flexibility index (Phi) is 10.2. The van der Waals surface area contributed by atoms with Gasteiger partial charge in [-0.25, -0.2) is 4.79 Å². The third-order valence-electron chi connectivity index (χ3n) is 6.92. The number of halogens is 1. The number of nitrogens with one attached hydrogen (secondary N) is 1. The molecule has 2 aliphatic heterocycles. The van der Waals surface area contributed by atoms with Crippen molar-refractivity contribution < 1.29 is 9.53 Å². The van der Waals surface area contributed by atoms with E-state index in [1.807, 2.05) is 11.8 Å². The number of hydrogen-bond acceptors (Lipinski definition) is 3. The van der Waals surface area contributed by atoms with Crippen LogP contribution in [-0.4, -0.2) is 61.2 Å². The smallest absolute Gasteiger partial charge is 0.317 e. The Morgan fingerprint density at radius 1 is 1.12 bits per heavy atom. The van der Waals surface area contributed by atoms with E-state index < -0.39 is 0 Å². The molecule has 2 amide bonds. The molecule has 0 unspecified atom stereocenters. The first kappa shape index (κ1) is 25.4. The van der Waals surface area contributed by atoms with Crippen LogP contribution in [0.25, 0.3) is 0 Å². The summed E-state index contributed by atoms with van der Waals surface area (Å²) in [5, 5.41) is 2.92. The molecule has 0 spiro atoms. The fourth-order valence-corrected chi connectivity index (χ4v) is 5.48. The van der Waals surface area contributed by atoms with Crippen molar-refractivity contribution in [3.63, 3.8) is 0 Å². The monoisotopic (exact) mass is 507 g/mol. The highest BCUT2D eigenvalue weighted by molar-refractivity contribution is 9.10. The summed E-state index contributed by atoms with van der Waals surface area (Å²) in [7, 11) is 0. The number of rotatable bonds is 9. The lowest BCUT2D eigenvalue weighted by molar-refractivity contribution is 0.157. The Bertz CT molecular complexity index is 711. The molecule has 2 heterocycles. The third kappa shape index (κ3) is 7.95. The summed E-state index contributed by atoms with van der Waals surface area (Å²) in [4.78, 5) is 16.6. The molecular weight excluding hydrogens is 466 g/mol. The zero-order chi connectivity index (χ0) is 22.9. The van der Waals surface area contributed by atoms with Crippen molar-refractivity contribution in [3.8, 4) is 5.75 Å². The maximum Gasteiger partial charge on any atom is 0.317 e. The van der Waals surface area contributed by atoms with E-state index in [-0.39, 0.29) is 12.1 Å². The number of hydrogen-bond donors (Lipinski definition) is 1. The number of likely N-dealkylation sites (tertiary alicyclic amines) is 2. The van der Waals surface area contributed by atoms with E-state index in [2.05, 4.69) is 58.2 Å². The molecule has 3 rings (SSSR count). The lowest BCUT2D eigenvalue weighted by Gasteiger charge is -2.34. The zero-order valence-electron chi connectivity index (χ0n) is 20.2. The SMILES string of the molecule is CCNC(=O)N1CCC(CCCN2CCC(Cc3cc(OC(C)C)ccc3Br)CC2)CC1. The van der Waals surface area contributed by atoms with E-state index in [0.717, 1.165) is 49.9 Å². The molecule has 0 atom stereocenters. The van der Waals surface area contributed by atoms with E-state index in [4.69, 9.17) is 4.74 Å². The minimum atomic E-state index is 0.111. The quantitative estimate of drug-likeness (QED) is 0.465.